The Labute approximate surface area is 86.5 Å². The molecular weight excluding hydrogens is 174 g/mol. The molecule has 0 aromatic heterocycles. The predicted octanol–water partition coefficient (Wildman–Crippen LogP) is 2.78. The minimum absolute atomic E-state index is 0.103. The quantitative estimate of drug-likeness (QED) is 0.550. The van der Waals surface area contributed by atoms with Gasteiger partial charge in [-0.3, -0.25) is 0 Å². The summed E-state index contributed by atoms with van der Waals surface area (Å²) in [4.78, 5) is 0. The molecular formula is C12H17NO. The van der Waals surface area contributed by atoms with Gasteiger partial charge in [-0.1, -0.05) is 56.7 Å². The highest BCUT2D eigenvalue weighted by Crippen LogP contribution is 1.66. The summed E-state index contributed by atoms with van der Waals surface area (Å²) in [6, 6.07) is 1.69. The zero-order valence-corrected chi connectivity index (χ0v) is 8.39. The van der Waals surface area contributed by atoms with Crippen LogP contribution in [0.1, 0.15) is 0 Å². The molecule has 76 valence electrons. The van der Waals surface area contributed by atoms with Crippen LogP contribution in [0.4, 0.5) is 0 Å². The van der Waals surface area contributed by atoms with Crippen molar-refractivity contribution in [3.8, 4) is 6.07 Å². The number of allylic oxidation sites excluding steroid dienone is 5. The molecule has 2 nitrogen and oxygen atoms in total. The summed E-state index contributed by atoms with van der Waals surface area (Å²) in [6.45, 7) is 13.3. The molecule has 14 heavy (non-hydrogen) atoms. The number of hydrogen-bond acceptors (Lipinski definition) is 2. The molecule has 0 unspecified atom stereocenters. The molecule has 0 fully saturated rings. The second-order valence-corrected chi connectivity index (χ2v) is 1.65. The monoisotopic (exact) mass is 191 g/mol. The van der Waals surface area contributed by atoms with Crippen LogP contribution in [0.5, 0.6) is 0 Å². The van der Waals surface area contributed by atoms with Crippen molar-refractivity contribution in [3.05, 3.63) is 62.8 Å². The van der Waals surface area contributed by atoms with E-state index >= 15 is 0 Å². The van der Waals surface area contributed by atoms with Crippen molar-refractivity contribution in [1.82, 2.24) is 0 Å². The van der Waals surface area contributed by atoms with Crippen molar-refractivity contribution in [2.24, 2.45) is 0 Å². The Balaban J connectivity index is -0.000000135. The van der Waals surface area contributed by atoms with E-state index in [-0.39, 0.29) is 6.61 Å². The van der Waals surface area contributed by atoms with E-state index in [4.69, 9.17) is 10.4 Å². The first kappa shape index (κ1) is 18.0. The highest BCUT2D eigenvalue weighted by molar-refractivity contribution is 4.96. The minimum Gasteiger partial charge on any atom is -0.392 e. The number of aliphatic hydroxyl groups excluding tert-OH is 1. The van der Waals surface area contributed by atoms with E-state index in [1.807, 2.05) is 0 Å². The van der Waals surface area contributed by atoms with Crippen LogP contribution < -0.4 is 0 Å². The second-order valence-electron chi connectivity index (χ2n) is 1.65. The van der Waals surface area contributed by atoms with Crippen LogP contribution in [-0.4, -0.2) is 11.7 Å². The summed E-state index contributed by atoms with van der Waals surface area (Å²) in [5.74, 6) is 0. The van der Waals surface area contributed by atoms with Crippen molar-refractivity contribution in [3.63, 3.8) is 0 Å². The number of nitriles is 1. The number of rotatable bonds is 3. The molecule has 1 N–H and O–H groups in total. The van der Waals surface area contributed by atoms with Crippen LogP contribution in [-0.2, 0) is 0 Å². The predicted molar refractivity (Wildman–Crippen MR) is 62.6 cm³/mol. The van der Waals surface area contributed by atoms with Gasteiger partial charge in [0.05, 0.1) is 12.7 Å². The van der Waals surface area contributed by atoms with Crippen molar-refractivity contribution in [2.45, 2.75) is 0 Å². The van der Waals surface area contributed by atoms with Crippen molar-refractivity contribution in [2.75, 3.05) is 6.61 Å². The summed E-state index contributed by atoms with van der Waals surface area (Å²) < 4.78 is 0. The summed E-state index contributed by atoms with van der Waals surface area (Å²) >= 11 is 0. The fourth-order valence-corrected chi connectivity index (χ4v) is 0.157. The highest BCUT2D eigenvalue weighted by atomic mass is 16.2. The number of aliphatic hydroxyl groups is 1. The molecule has 0 aliphatic rings. The molecule has 0 saturated carbocycles. The lowest BCUT2D eigenvalue weighted by atomic mass is 10.5. The summed E-state index contributed by atoms with van der Waals surface area (Å²) in [7, 11) is 0. The lowest BCUT2D eigenvalue weighted by Gasteiger charge is -1.68. The van der Waals surface area contributed by atoms with Gasteiger partial charge in [-0.15, -0.1) is 0 Å². The van der Waals surface area contributed by atoms with E-state index in [1.54, 1.807) is 36.4 Å². The molecule has 0 spiro atoms. The van der Waals surface area contributed by atoms with Gasteiger partial charge in [-0.25, -0.2) is 0 Å². The van der Waals surface area contributed by atoms with Gasteiger partial charge in [0, 0.05) is 6.08 Å². The molecule has 0 atom stereocenters. The maximum absolute atomic E-state index is 8.06. The maximum atomic E-state index is 8.06. The normalized spacial score (nSPS) is 6.57. The molecule has 0 aromatic rings. The third kappa shape index (κ3) is 85.6. The SMILES string of the molecule is C=C/C=C/CO.C=CC#N.C=CC=C. The average Bonchev–Trinajstić information content (AvgIpc) is 2.27. The van der Waals surface area contributed by atoms with Crippen molar-refractivity contribution < 1.29 is 5.11 Å². The lowest BCUT2D eigenvalue weighted by Crippen LogP contribution is -1.66. The molecule has 0 aliphatic carbocycles. The van der Waals surface area contributed by atoms with Gasteiger partial charge in [0.25, 0.3) is 0 Å². The molecule has 0 aliphatic heterocycles. The van der Waals surface area contributed by atoms with Gasteiger partial charge in [0.15, 0.2) is 0 Å². The van der Waals surface area contributed by atoms with E-state index in [9.17, 15) is 0 Å². The Hall–Kier alpha value is -1.85. The Kier molecular flexibility index (Phi) is 39.1. The summed E-state index contributed by atoms with van der Waals surface area (Å²) in [6.07, 6.45) is 9.39. The topological polar surface area (TPSA) is 44.0 Å². The van der Waals surface area contributed by atoms with Gasteiger partial charge >= 0.3 is 0 Å². The van der Waals surface area contributed by atoms with Gasteiger partial charge < -0.3 is 5.11 Å². The molecule has 0 saturated heterocycles. The smallest absolute Gasteiger partial charge is 0.0905 e. The van der Waals surface area contributed by atoms with E-state index in [0.717, 1.165) is 0 Å². The molecule has 2 heteroatoms. The first-order valence-electron chi connectivity index (χ1n) is 3.87. The Bertz CT molecular complexity index is 203. The van der Waals surface area contributed by atoms with E-state index < -0.39 is 0 Å². The standard InChI is InChI=1S/C5H8O.C4H6.C3H3N/c1-2-3-4-5-6;1-3-4-2;1-2-3-4/h2-4,6H,1,5H2;3-4H,1-2H2;2H,1H2/b4-3+;;. The van der Waals surface area contributed by atoms with Crippen LogP contribution in [0.3, 0.4) is 0 Å². The van der Waals surface area contributed by atoms with Gasteiger partial charge in [-0.05, 0) is 0 Å². The lowest BCUT2D eigenvalue weighted by molar-refractivity contribution is 0.343. The fraction of sp³-hybridized carbons (Fsp3) is 0.0833. The zero-order chi connectivity index (χ0) is 11.7. The minimum atomic E-state index is 0.103. The van der Waals surface area contributed by atoms with Crippen molar-refractivity contribution >= 4 is 0 Å². The van der Waals surface area contributed by atoms with Crippen LogP contribution in [0.2, 0.25) is 0 Å². The Morgan fingerprint density at radius 2 is 1.50 bits per heavy atom. The third-order valence-corrected chi connectivity index (χ3v) is 0.636. The molecule has 0 bridgehead atoms. The second kappa shape index (κ2) is 30.4. The average molecular weight is 191 g/mol. The first-order valence-corrected chi connectivity index (χ1v) is 3.87. The summed E-state index contributed by atoms with van der Waals surface area (Å²) in [5, 5.41) is 15.6. The number of hydrogen-bond donors (Lipinski definition) is 1. The summed E-state index contributed by atoms with van der Waals surface area (Å²) in [5.41, 5.74) is 0. The van der Waals surface area contributed by atoms with Crippen LogP contribution >= 0.6 is 0 Å². The molecule has 0 aromatic carbocycles. The van der Waals surface area contributed by atoms with E-state index in [2.05, 4.69) is 26.3 Å². The van der Waals surface area contributed by atoms with E-state index in [0.29, 0.717) is 0 Å². The van der Waals surface area contributed by atoms with Crippen LogP contribution in [0, 0.1) is 11.3 Å². The highest BCUT2D eigenvalue weighted by Gasteiger charge is 1.55. The van der Waals surface area contributed by atoms with Gasteiger partial charge in [-0.2, -0.15) is 5.26 Å². The molecule has 0 amide bonds. The van der Waals surface area contributed by atoms with Crippen LogP contribution in [0.15, 0.2) is 62.8 Å². The third-order valence-electron chi connectivity index (χ3n) is 0.636. The van der Waals surface area contributed by atoms with Gasteiger partial charge in [0.1, 0.15) is 0 Å². The number of nitrogens with zero attached hydrogens (tertiary/aromatic N) is 1. The van der Waals surface area contributed by atoms with Gasteiger partial charge in [0.2, 0.25) is 0 Å². The Morgan fingerprint density at radius 1 is 1.07 bits per heavy atom. The van der Waals surface area contributed by atoms with Crippen LogP contribution in [0.25, 0.3) is 0 Å². The maximum Gasteiger partial charge on any atom is 0.0905 e. The molecule has 0 rings (SSSR count). The first-order chi connectivity index (χ1) is 6.74. The molecule has 0 heterocycles. The largest absolute Gasteiger partial charge is 0.392 e. The van der Waals surface area contributed by atoms with E-state index in [1.165, 1.54) is 6.08 Å². The fourth-order valence-electron chi connectivity index (χ4n) is 0.157. The van der Waals surface area contributed by atoms with Crippen molar-refractivity contribution in [1.29, 1.82) is 5.26 Å². The molecule has 0 radical (unpaired) electrons. The zero-order valence-electron chi connectivity index (χ0n) is 8.39. The Morgan fingerprint density at radius 3 is 1.57 bits per heavy atom.